The van der Waals surface area contributed by atoms with Crippen LogP contribution < -0.4 is 4.72 Å². The first-order valence-electron chi connectivity index (χ1n) is 7.92. The van der Waals surface area contributed by atoms with Gasteiger partial charge in [-0.2, -0.15) is 5.10 Å². The molecule has 0 spiro atoms. The molecule has 25 heavy (non-hydrogen) atoms. The largest absolute Gasteiger partial charge is 0.240 e. The molecule has 0 aliphatic carbocycles. The molecule has 0 aliphatic heterocycles. The molecule has 3 aromatic rings. The minimum absolute atomic E-state index is 0.0708. The number of nitrogens with one attached hydrogen (secondary N) is 1. The third-order valence-corrected chi connectivity index (χ3v) is 5.32. The second-order valence-corrected chi connectivity index (χ2v) is 7.73. The molecule has 0 saturated carbocycles. The van der Waals surface area contributed by atoms with Crippen molar-refractivity contribution in [2.24, 2.45) is 0 Å². The molecule has 1 N–H and O–H groups in total. The number of sulfonamides is 1. The quantitative estimate of drug-likeness (QED) is 0.683. The number of benzene rings is 1. The standard InChI is InChI=1S/C17H19FN4O2S/c1-12-8-15(5-6-16(12)18)25(23,24)20-7-3-4-14-10-19-17-9-13(2)21-22(17)11-14/h5-6,8-11,20H,3-4,7H2,1-2H3. The molecule has 8 heteroatoms. The van der Waals surface area contributed by atoms with Crippen molar-refractivity contribution in [3.05, 3.63) is 59.3 Å². The molecular weight excluding hydrogens is 343 g/mol. The molecule has 0 amide bonds. The Kier molecular flexibility index (Phi) is 4.82. The van der Waals surface area contributed by atoms with E-state index in [1.165, 1.54) is 19.1 Å². The fourth-order valence-corrected chi connectivity index (χ4v) is 3.69. The van der Waals surface area contributed by atoms with E-state index in [0.29, 0.717) is 18.4 Å². The lowest BCUT2D eigenvalue weighted by Crippen LogP contribution is -2.25. The van der Waals surface area contributed by atoms with Crippen LogP contribution in [0.1, 0.15) is 23.2 Å². The van der Waals surface area contributed by atoms with Crippen LogP contribution in [0.15, 0.2) is 41.6 Å². The Hall–Kier alpha value is -2.32. The Bertz CT molecular complexity index is 1010. The normalized spacial score (nSPS) is 12.0. The van der Waals surface area contributed by atoms with Crippen molar-refractivity contribution in [3.63, 3.8) is 0 Å². The van der Waals surface area contributed by atoms with E-state index in [-0.39, 0.29) is 11.4 Å². The number of rotatable bonds is 6. The predicted molar refractivity (Wildman–Crippen MR) is 92.4 cm³/mol. The van der Waals surface area contributed by atoms with E-state index in [0.717, 1.165) is 23.0 Å². The molecule has 0 fully saturated rings. The lowest BCUT2D eigenvalue weighted by atomic mass is 10.2. The van der Waals surface area contributed by atoms with Gasteiger partial charge in [0.1, 0.15) is 5.82 Å². The molecule has 0 saturated heterocycles. The van der Waals surface area contributed by atoms with Crippen molar-refractivity contribution in [1.82, 2.24) is 19.3 Å². The SMILES string of the molecule is Cc1cc2ncc(CCCNS(=O)(=O)c3ccc(F)c(C)c3)cn2n1. The van der Waals surface area contributed by atoms with E-state index in [1.54, 1.807) is 10.7 Å². The zero-order valence-electron chi connectivity index (χ0n) is 14.0. The highest BCUT2D eigenvalue weighted by Gasteiger charge is 2.14. The molecule has 2 heterocycles. The topological polar surface area (TPSA) is 76.4 Å². The second kappa shape index (κ2) is 6.89. The monoisotopic (exact) mass is 362 g/mol. The number of halogens is 1. The summed E-state index contributed by atoms with van der Waals surface area (Å²) in [6, 6.07) is 5.65. The molecule has 0 bridgehead atoms. The minimum atomic E-state index is -3.64. The van der Waals surface area contributed by atoms with E-state index in [2.05, 4.69) is 14.8 Å². The van der Waals surface area contributed by atoms with Crippen molar-refractivity contribution < 1.29 is 12.8 Å². The molecule has 6 nitrogen and oxygen atoms in total. The number of aryl methyl sites for hydroxylation is 3. The third-order valence-electron chi connectivity index (χ3n) is 3.86. The smallest absolute Gasteiger partial charge is 0.237 e. The number of hydrogen-bond acceptors (Lipinski definition) is 4. The van der Waals surface area contributed by atoms with Gasteiger partial charge in [-0.25, -0.2) is 27.0 Å². The van der Waals surface area contributed by atoms with Gasteiger partial charge in [-0.1, -0.05) is 0 Å². The van der Waals surface area contributed by atoms with Crippen LogP contribution in [-0.4, -0.2) is 29.6 Å². The van der Waals surface area contributed by atoms with Crippen molar-refractivity contribution in [2.45, 2.75) is 31.6 Å². The van der Waals surface area contributed by atoms with Gasteiger partial charge < -0.3 is 0 Å². The maximum absolute atomic E-state index is 13.3. The second-order valence-electron chi connectivity index (χ2n) is 5.96. The van der Waals surface area contributed by atoms with E-state index >= 15 is 0 Å². The summed E-state index contributed by atoms with van der Waals surface area (Å²) in [5.74, 6) is -0.421. The van der Waals surface area contributed by atoms with Gasteiger partial charge in [0.2, 0.25) is 10.0 Å². The molecule has 132 valence electrons. The third kappa shape index (κ3) is 4.02. The van der Waals surface area contributed by atoms with Gasteiger partial charge >= 0.3 is 0 Å². The van der Waals surface area contributed by atoms with Crippen molar-refractivity contribution in [2.75, 3.05) is 6.54 Å². The average molecular weight is 362 g/mol. The number of hydrogen-bond donors (Lipinski definition) is 1. The van der Waals surface area contributed by atoms with Gasteiger partial charge in [-0.05, 0) is 56.0 Å². The molecule has 2 aromatic heterocycles. The van der Waals surface area contributed by atoms with Crippen LogP contribution in [-0.2, 0) is 16.4 Å². The molecular formula is C17H19FN4O2S. The first-order chi connectivity index (χ1) is 11.8. The van der Waals surface area contributed by atoms with E-state index in [1.807, 2.05) is 19.2 Å². The van der Waals surface area contributed by atoms with Crippen molar-refractivity contribution in [3.8, 4) is 0 Å². The minimum Gasteiger partial charge on any atom is -0.237 e. The summed E-state index contributed by atoms with van der Waals surface area (Å²) in [6.07, 6.45) is 4.96. The van der Waals surface area contributed by atoms with Crippen LogP contribution in [0.2, 0.25) is 0 Å². The highest BCUT2D eigenvalue weighted by Crippen LogP contribution is 2.14. The number of aromatic nitrogens is 3. The van der Waals surface area contributed by atoms with Gasteiger partial charge in [0, 0.05) is 25.0 Å². The summed E-state index contributed by atoms with van der Waals surface area (Å²) >= 11 is 0. The fourth-order valence-electron chi connectivity index (χ4n) is 2.53. The first kappa shape index (κ1) is 17.5. The Morgan fingerprint density at radius 1 is 1.24 bits per heavy atom. The lowest BCUT2D eigenvalue weighted by molar-refractivity contribution is 0.577. The molecule has 0 aliphatic rings. The van der Waals surface area contributed by atoms with Crippen molar-refractivity contribution in [1.29, 1.82) is 0 Å². The first-order valence-corrected chi connectivity index (χ1v) is 9.40. The van der Waals surface area contributed by atoms with Crippen LogP contribution in [0.5, 0.6) is 0 Å². The van der Waals surface area contributed by atoms with E-state index in [9.17, 15) is 12.8 Å². The summed E-state index contributed by atoms with van der Waals surface area (Å²) in [5.41, 5.74) is 2.96. The van der Waals surface area contributed by atoms with Crippen LogP contribution in [0.4, 0.5) is 4.39 Å². The van der Waals surface area contributed by atoms with E-state index in [4.69, 9.17) is 0 Å². The summed E-state index contributed by atoms with van der Waals surface area (Å²) in [7, 11) is -3.64. The van der Waals surface area contributed by atoms with Crippen LogP contribution in [0.25, 0.3) is 5.65 Å². The van der Waals surface area contributed by atoms with Gasteiger partial charge in [0.05, 0.1) is 10.6 Å². The van der Waals surface area contributed by atoms with Crippen molar-refractivity contribution >= 4 is 15.7 Å². The number of nitrogens with zero attached hydrogens (tertiary/aromatic N) is 3. The molecule has 0 atom stereocenters. The Morgan fingerprint density at radius 3 is 2.80 bits per heavy atom. The van der Waals surface area contributed by atoms with Gasteiger partial charge in [-0.15, -0.1) is 0 Å². The van der Waals surface area contributed by atoms with Crippen LogP contribution >= 0.6 is 0 Å². The lowest BCUT2D eigenvalue weighted by Gasteiger charge is -2.08. The van der Waals surface area contributed by atoms with E-state index < -0.39 is 15.8 Å². The molecule has 0 unspecified atom stereocenters. The Balaban J connectivity index is 1.58. The summed E-state index contributed by atoms with van der Waals surface area (Å²) in [4.78, 5) is 4.39. The predicted octanol–water partition coefficient (Wildman–Crippen LogP) is 2.40. The molecule has 3 rings (SSSR count). The maximum Gasteiger partial charge on any atom is 0.240 e. The van der Waals surface area contributed by atoms with Crippen LogP contribution in [0.3, 0.4) is 0 Å². The highest BCUT2D eigenvalue weighted by atomic mass is 32.2. The average Bonchev–Trinajstić information content (AvgIpc) is 2.93. The summed E-state index contributed by atoms with van der Waals surface area (Å²) < 4.78 is 42.0. The Morgan fingerprint density at radius 2 is 2.04 bits per heavy atom. The van der Waals surface area contributed by atoms with Gasteiger partial charge in [0.15, 0.2) is 5.65 Å². The Labute approximate surface area is 145 Å². The summed E-state index contributed by atoms with van der Waals surface area (Å²) in [5, 5.41) is 4.31. The van der Waals surface area contributed by atoms with Crippen LogP contribution in [0, 0.1) is 19.7 Å². The fraction of sp³-hybridized carbons (Fsp3) is 0.294. The maximum atomic E-state index is 13.3. The summed E-state index contributed by atoms with van der Waals surface area (Å²) in [6.45, 7) is 3.73. The molecule has 1 aromatic carbocycles. The number of fused-ring (bicyclic) bond motifs is 1. The molecule has 0 radical (unpaired) electrons. The van der Waals surface area contributed by atoms with Gasteiger partial charge in [-0.3, -0.25) is 0 Å². The highest BCUT2D eigenvalue weighted by molar-refractivity contribution is 7.89. The van der Waals surface area contributed by atoms with Gasteiger partial charge in [0.25, 0.3) is 0 Å². The zero-order valence-corrected chi connectivity index (χ0v) is 14.8. The zero-order chi connectivity index (χ0) is 18.0.